The second kappa shape index (κ2) is 8.08. The molecule has 12 heavy (non-hydrogen) atoms. The van der Waals surface area contributed by atoms with Gasteiger partial charge >= 0.3 is 43.9 Å². The van der Waals surface area contributed by atoms with Crippen molar-refractivity contribution < 1.29 is 37.9 Å². The van der Waals surface area contributed by atoms with Crippen molar-refractivity contribution in [1.82, 2.24) is 6.15 Å². The third kappa shape index (κ3) is 4310. The molecular formula is H9MgNO8S2. The van der Waals surface area contributed by atoms with E-state index in [9.17, 15) is 0 Å². The molecule has 12 heteroatoms. The van der Waals surface area contributed by atoms with Crippen molar-refractivity contribution in [2.24, 2.45) is 0 Å². The Morgan fingerprint density at radius 1 is 0.750 bits per heavy atom. The summed E-state index contributed by atoms with van der Waals surface area (Å²) in [6, 6.07) is 0. The fourth-order valence-corrected chi connectivity index (χ4v) is 0. The summed E-state index contributed by atoms with van der Waals surface area (Å²) in [6.45, 7) is 0. The van der Waals surface area contributed by atoms with E-state index in [0.29, 0.717) is 0 Å². The molecule has 0 amide bonds. The van der Waals surface area contributed by atoms with Crippen LogP contribution in [0.1, 0.15) is 2.85 Å². The van der Waals surface area contributed by atoms with Crippen LogP contribution in [0, 0.1) is 0 Å². The third-order valence-electron chi connectivity index (χ3n) is 0. The van der Waals surface area contributed by atoms with Crippen LogP contribution in [0.2, 0.25) is 0 Å². The van der Waals surface area contributed by atoms with Crippen molar-refractivity contribution in [1.29, 1.82) is 0 Å². The molecule has 0 bridgehead atoms. The van der Waals surface area contributed by atoms with Gasteiger partial charge in [0.05, 0.1) is 0 Å². The number of hydrogen-bond donors (Lipinski definition) is 5. The van der Waals surface area contributed by atoms with E-state index in [0.717, 1.165) is 0 Å². The average molecular weight is 240 g/mol. The molecule has 0 aliphatic rings. The predicted octanol–water partition coefficient (Wildman–Crippen LogP) is -1.30. The van der Waals surface area contributed by atoms with Gasteiger partial charge in [-0.05, 0) is 0 Å². The Labute approximate surface area is 88.0 Å². The van der Waals surface area contributed by atoms with Gasteiger partial charge in [0, 0.05) is 0 Å². The Hall–Kier alpha value is 0.466. The summed E-state index contributed by atoms with van der Waals surface area (Å²) in [7, 11) is -9.33. The molecule has 0 aromatic carbocycles. The van der Waals surface area contributed by atoms with E-state index in [1.807, 2.05) is 0 Å². The molecule has 0 saturated carbocycles. The molecule has 0 fully saturated rings. The van der Waals surface area contributed by atoms with Crippen LogP contribution in [0.3, 0.4) is 0 Å². The maximum absolute atomic E-state index is 8.74. The van der Waals surface area contributed by atoms with Crippen LogP contribution in [-0.4, -0.2) is 58.1 Å². The molecule has 0 aliphatic heterocycles. The summed E-state index contributed by atoms with van der Waals surface area (Å²) >= 11 is 0. The monoisotopic (exact) mass is 239 g/mol. The van der Waals surface area contributed by atoms with Crippen LogP contribution in [-0.2, 0) is 20.8 Å². The molecule has 0 aliphatic carbocycles. The molecule has 0 radical (unpaired) electrons. The first-order chi connectivity index (χ1) is 4.00. The number of hydrogen-bond acceptors (Lipinski definition) is 5. The molecule has 0 aromatic rings. The summed E-state index contributed by atoms with van der Waals surface area (Å²) < 4.78 is 63.2. The maximum atomic E-state index is 8.74. The second-order valence-corrected chi connectivity index (χ2v) is 2.69. The molecule has 0 heterocycles. The molecule has 0 unspecified atom stereocenters. The largest absolute Gasteiger partial charge is 2.00 e. The van der Waals surface area contributed by atoms with Gasteiger partial charge in [0.15, 0.2) is 0 Å². The van der Waals surface area contributed by atoms with Crippen LogP contribution in [0.4, 0.5) is 0 Å². The second-order valence-electron chi connectivity index (χ2n) is 0.896. The first-order valence-electron chi connectivity index (χ1n) is 1.40. The van der Waals surface area contributed by atoms with Crippen molar-refractivity contribution >= 4 is 43.9 Å². The summed E-state index contributed by atoms with van der Waals surface area (Å²) in [5, 5.41) is 0. The Morgan fingerprint density at radius 3 is 0.750 bits per heavy atom. The average Bonchev–Trinajstić information content (AvgIpc) is 1.12. The minimum atomic E-state index is -4.67. The summed E-state index contributed by atoms with van der Waals surface area (Å²) in [6.07, 6.45) is 0. The van der Waals surface area contributed by atoms with Gasteiger partial charge in [0.2, 0.25) is 0 Å². The minimum absolute atomic E-state index is 0. The Balaban J connectivity index is -0.0000000178. The fourth-order valence-electron chi connectivity index (χ4n) is 0. The van der Waals surface area contributed by atoms with Gasteiger partial charge in [-0.25, -0.2) is 0 Å². The van der Waals surface area contributed by atoms with E-state index in [1.165, 1.54) is 0 Å². The third-order valence-corrected chi connectivity index (χ3v) is 0. The molecular weight excluding hydrogens is 230 g/mol. The SMILES string of the molecule is N.O=S(=O)(O)O.O=S(=O)(O)O.[H-].[H-].[Mg+2]. The van der Waals surface area contributed by atoms with E-state index >= 15 is 0 Å². The molecule has 0 spiro atoms. The summed E-state index contributed by atoms with van der Waals surface area (Å²) in [5.74, 6) is 0. The van der Waals surface area contributed by atoms with Crippen LogP contribution in [0.25, 0.3) is 0 Å². The normalized spacial score (nSPS) is 9.67. The first-order valence-corrected chi connectivity index (χ1v) is 4.19. The molecule has 9 nitrogen and oxygen atoms in total. The van der Waals surface area contributed by atoms with Gasteiger partial charge in [-0.2, -0.15) is 16.8 Å². The maximum Gasteiger partial charge on any atom is 2.00 e. The van der Waals surface area contributed by atoms with E-state index in [-0.39, 0.29) is 32.1 Å². The van der Waals surface area contributed by atoms with Gasteiger partial charge in [0.1, 0.15) is 0 Å². The van der Waals surface area contributed by atoms with E-state index in [4.69, 9.17) is 35.0 Å². The van der Waals surface area contributed by atoms with E-state index in [2.05, 4.69) is 0 Å². The van der Waals surface area contributed by atoms with Crippen molar-refractivity contribution in [3.8, 4) is 0 Å². The predicted molar refractivity (Wildman–Crippen MR) is 41.4 cm³/mol. The zero-order valence-electron chi connectivity index (χ0n) is 7.65. The zero-order chi connectivity index (χ0) is 9.00. The van der Waals surface area contributed by atoms with Crippen molar-refractivity contribution in [2.75, 3.05) is 0 Å². The van der Waals surface area contributed by atoms with Crippen molar-refractivity contribution in [2.45, 2.75) is 0 Å². The molecule has 0 atom stereocenters. The molecule has 0 aromatic heterocycles. The van der Waals surface area contributed by atoms with Gasteiger partial charge in [0.25, 0.3) is 0 Å². The Morgan fingerprint density at radius 2 is 0.750 bits per heavy atom. The minimum Gasteiger partial charge on any atom is -1.00 e. The van der Waals surface area contributed by atoms with Gasteiger partial charge in [-0.3, -0.25) is 18.2 Å². The first kappa shape index (κ1) is 22.9. The van der Waals surface area contributed by atoms with Gasteiger partial charge < -0.3 is 9.00 Å². The summed E-state index contributed by atoms with van der Waals surface area (Å²) in [4.78, 5) is 0. The number of rotatable bonds is 0. The van der Waals surface area contributed by atoms with Crippen LogP contribution in [0.5, 0.6) is 0 Å². The zero-order valence-corrected chi connectivity index (χ0v) is 8.70. The smallest absolute Gasteiger partial charge is 1.00 e. The molecule has 0 saturated heterocycles. The topological polar surface area (TPSA) is 184 Å². The molecule has 7 N–H and O–H groups in total. The summed E-state index contributed by atoms with van der Waals surface area (Å²) in [5.41, 5.74) is 0. The van der Waals surface area contributed by atoms with Crippen molar-refractivity contribution in [3.63, 3.8) is 0 Å². The quantitative estimate of drug-likeness (QED) is 0.253. The van der Waals surface area contributed by atoms with Crippen LogP contribution >= 0.6 is 0 Å². The van der Waals surface area contributed by atoms with Crippen LogP contribution in [0.15, 0.2) is 0 Å². The van der Waals surface area contributed by atoms with Gasteiger partial charge in [-0.15, -0.1) is 0 Å². The van der Waals surface area contributed by atoms with Crippen LogP contribution < -0.4 is 6.15 Å². The Kier molecular flexibility index (Phi) is 15.4. The molecule has 76 valence electrons. The van der Waals surface area contributed by atoms with E-state index in [1.54, 1.807) is 0 Å². The van der Waals surface area contributed by atoms with Gasteiger partial charge in [-0.1, -0.05) is 0 Å². The molecule has 0 rings (SSSR count). The van der Waals surface area contributed by atoms with E-state index < -0.39 is 20.8 Å². The van der Waals surface area contributed by atoms with Crippen molar-refractivity contribution in [3.05, 3.63) is 0 Å². The fraction of sp³-hybridized carbons (Fsp3) is 0. The standard InChI is InChI=1S/Mg.H3N.2H2O4S.2H/c;;2*1-5(2,3)4;;/h;1H3;2*(H2,1,2,3,4);;/q+2;;;;2*-1. The Bertz CT molecular complexity index is 222.